The van der Waals surface area contributed by atoms with Gasteiger partial charge in [0.1, 0.15) is 0 Å². The van der Waals surface area contributed by atoms with E-state index in [1.165, 1.54) is 5.56 Å². The standard InChI is InChI=1S/C17H18BrNO/c1-13-9-10-15(16(18)12-13)17(20)19-11-5-8-14-6-3-2-4-7-14/h2-4,6-7,9-10,12H,5,8,11H2,1H3,(H,19,20). The van der Waals surface area contributed by atoms with Crippen LogP contribution in [0.2, 0.25) is 0 Å². The minimum atomic E-state index is -0.0232. The molecule has 0 saturated heterocycles. The zero-order valence-electron chi connectivity index (χ0n) is 11.5. The summed E-state index contributed by atoms with van der Waals surface area (Å²) in [6.07, 6.45) is 1.93. The second kappa shape index (κ2) is 7.25. The summed E-state index contributed by atoms with van der Waals surface area (Å²) in [4.78, 5) is 12.0. The number of hydrogen-bond acceptors (Lipinski definition) is 1. The third-order valence-electron chi connectivity index (χ3n) is 3.14. The van der Waals surface area contributed by atoms with E-state index in [2.05, 4.69) is 33.4 Å². The van der Waals surface area contributed by atoms with Crippen LogP contribution in [-0.4, -0.2) is 12.5 Å². The van der Waals surface area contributed by atoms with Gasteiger partial charge in [0.05, 0.1) is 5.56 Å². The molecule has 0 aliphatic heterocycles. The fraction of sp³-hybridized carbons (Fsp3) is 0.235. The van der Waals surface area contributed by atoms with Gasteiger partial charge in [0, 0.05) is 11.0 Å². The molecule has 0 bridgehead atoms. The number of halogens is 1. The van der Waals surface area contributed by atoms with Crippen molar-refractivity contribution in [2.45, 2.75) is 19.8 Å². The van der Waals surface area contributed by atoms with Crippen molar-refractivity contribution in [2.75, 3.05) is 6.54 Å². The van der Waals surface area contributed by atoms with Crippen molar-refractivity contribution in [3.63, 3.8) is 0 Å². The molecular formula is C17H18BrNO. The van der Waals surface area contributed by atoms with Crippen LogP contribution in [0.4, 0.5) is 0 Å². The Morgan fingerprint density at radius 2 is 1.90 bits per heavy atom. The maximum absolute atomic E-state index is 12.0. The predicted molar refractivity (Wildman–Crippen MR) is 86.0 cm³/mol. The van der Waals surface area contributed by atoms with Crippen LogP contribution in [0.1, 0.15) is 27.9 Å². The van der Waals surface area contributed by atoms with E-state index in [9.17, 15) is 4.79 Å². The Labute approximate surface area is 128 Å². The van der Waals surface area contributed by atoms with Gasteiger partial charge in [-0.15, -0.1) is 0 Å². The normalized spacial score (nSPS) is 10.3. The first-order valence-corrected chi connectivity index (χ1v) is 7.54. The van der Waals surface area contributed by atoms with Crippen molar-refractivity contribution in [3.8, 4) is 0 Å². The maximum Gasteiger partial charge on any atom is 0.252 e. The Hall–Kier alpha value is -1.61. The van der Waals surface area contributed by atoms with Gasteiger partial charge in [0.25, 0.3) is 5.91 Å². The summed E-state index contributed by atoms with van der Waals surface area (Å²) in [5.41, 5.74) is 3.13. The fourth-order valence-electron chi connectivity index (χ4n) is 2.04. The molecule has 2 aromatic rings. The van der Waals surface area contributed by atoms with Crippen molar-refractivity contribution in [1.29, 1.82) is 0 Å². The minimum Gasteiger partial charge on any atom is -0.352 e. The van der Waals surface area contributed by atoms with E-state index in [1.54, 1.807) is 0 Å². The third-order valence-corrected chi connectivity index (χ3v) is 3.80. The van der Waals surface area contributed by atoms with Gasteiger partial charge >= 0.3 is 0 Å². The van der Waals surface area contributed by atoms with Gasteiger partial charge in [0.15, 0.2) is 0 Å². The Kier molecular flexibility index (Phi) is 5.36. The molecule has 0 atom stereocenters. The molecule has 20 heavy (non-hydrogen) atoms. The van der Waals surface area contributed by atoms with Crippen molar-refractivity contribution >= 4 is 21.8 Å². The Morgan fingerprint density at radius 1 is 1.15 bits per heavy atom. The highest BCUT2D eigenvalue weighted by Crippen LogP contribution is 2.18. The molecular weight excluding hydrogens is 314 g/mol. The summed E-state index contributed by atoms with van der Waals surface area (Å²) in [6, 6.07) is 16.1. The van der Waals surface area contributed by atoms with E-state index >= 15 is 0 Å². The van der Waals surface area contributed by atoms with Gasteiger partial charge in [-0.1, -0.05) is 36.4 Å². The lowest BCUT2D eigenvalue weighted by Crippen LogP contribution is -2.25. The number of rotatable bonds is 5. The Balaban J connectivity index is 1.80. The number of aryl methyl sites for hydroxylation is 2. The van der Waals surface area contributed by atoms with Crippen molar-refractivity contribution in [1.82, 2.24) is 5.32 Å². The number of nitrogens with one attached hydrogen (secondary N) is 1. The van der Waals surface area contributed by atoms with Crippen molar-refractivity contribution in [3.05, 3.63) is 69.7 Å². The van der Waals surface area contributed by atoms with Gasteiger partial charge in [0.2, 0.25) is 0 Å². The monoisotopic (exact) mass is 331 g/mol. The average molecular weight is 332 g/mol. The van der Waals surface area contributed by atoms with Crippen LogP contribution in [0.3, 0.4) is 0 Å². The van der Waals surface area contributed by atoms with Crippen molar-refractivity contribution in [2.24, 2.45) is 0 Å². The largest absolute Gasteiger partial charge is 0.352 e. The van der Waals surface area contributed by atoms with Crippen LogP contribution < -0.4 is 5.32 Å². The number of carbonyl (C=O) groups is 1. The van der Waals surface area contributed by atoms with Gasteiger partial charge in [-0.3, -0.25) is 4.79 Å². The zero-order valence-corrected chi connectivity index (χ0v) is 13.1. The molecule has 2 rings (SSSR count). The molecule has 1 N–H and O–H groups in total. The second-order valence-electron chi connectivity index (χ2n) is 4.83. The zero-order chi connectivity index (χ0) is 14.4. The van der Waals surface area contributed by atoms with Crippen molar-refractivity contribution < 1.29 is 4.79 Å². The molecule has 104 valence electrons. The van der Waals surface area contributed by atoms with Gasteiger partial charge in [-0.25, -0.2) is 0 Å². The molecule has 3 heteroatoms. The highest BCUT2D eigenvalue weighted by Gasteiger charge is 2.08. The quantitative estimate of drug-likeness (QED) is 0.820. The average Bonchev–Trinajstić information content (AvgIpc) is 2.44. The number of amides is 1. The van der Waals surface area contributed by atoms with Crippen LogP contribution >= 0.6 is 15.9 Å². The summed E-state index contributed by atoms with van der Waals surface area (Å²) in [5.74, 6) is -0.0232. The molecule has 2 nitrogen and oxygen atoms in total. The summed E-state index contributed by atoms with van der Waals surface area (Å²) in [5, 5.41) is 2.96. The van der Waals surface area contributed by atoms with Crippen LogP contribution in [-0.2, 0) is 6.42 Å². The molecule has 0 heterocycles. The molecule has 1 amide bonds. The van der Waals surface area contributed by atoms with E-state index in [0.29, 0.717) is 12.1 Å². The molecule has 0 saturated carbocycles. The van der Waals surface area contributed by atoms with E-state index in [1.807, 2.05) is 43.3 Å². The molecule has 0 radical (unpaired) electrons. The first-order chi connectivity index (χ1) is 9.66. The van der Waals surface area contributed by atoms with Gasteiger partial charge in [-0.2, -0.15) is 0 Å². The summed E-state index contributed by atoms with van der Waals surface area (Å²) < 4.78 is 0.845. The van der Waals surface area contributed by atoms with Gasteiger partial charge < -0.3 is 5.32 Å². The first-order valence-electron chi connectivity index (χ1n) is 6.75. The highest BCUT2D eigenvalue weighted by molar-refractivity contribution is 9.10. The van der Waals surface area contributed by atoms with E-state index in [4.69, 9.17) is 0 Å². The molecule has 0 fully saturated rings. The number of carbonyl (C=O) groups excluding carboxylic acids is 1. The van der Waals surface area contributed by atoms with E-state index in [0.717, 1.165) is 22.9 Å². The lowest BCUT2D eigenvalue weighted by Gasteiger charge is -2.07. The van der Waals surface area contributed by atoms with E-state index < -0.39 is 0 Å². The summed E-state index contributed by atoms with van der Waals surface area (Å²) in [6.45, 7) is 2.69. The van der Waals surface area contributed by atoms with Crippen LogP contribution in [0.5, 0.6) is 0 Å². The van der Waals surface area contributed by atoms with Crippen LogP contribution in [0.25, 0.3) is 0 Å². The predicted octanol–water partition coefficient (Wildman–Crippen LogP) is 4.12. The molecule has 0 unspecified atom stereocenters. The Morgan fingerprint density at radius 3 is 2.60 bits per heavy atom. The smallest absolute Gasteiger partial charge is 0.252 e. The highest BCUT2D eigenvalue weighted by atomic mass is 79.9. The SMILES string of the molecule is Cc1ccc(C(=O)NCCCc2ccccc2)c(Br)c1. The van der Waals surface area contributed by atoms with Crippen LogP contribution in [0.15, 0.2) is 53.0 Å². The lowest BCUT2D eigenvalue weighted by molar-refractivity contribution is 0.0952. The molecule has 0 aliphatic rings. The third kappa shape index (κ3) is 4.20. The lowest BCUT2D eigenvalue weighted by atomic mass is 10.1. The molecule has 0 aliphatic carbocycles. The molecule has 2 aromatic carbocycles. The summed E-state index contributed by atoms with van der Waals surface area (Å²) >= 11 is 3.43. The topological polar surface area (TPSA) is 29.1 Å². The Bertz CT molecular complexity index is 581. The van der Waals surface area contributed by atoms with E-state index in [-0.39, 0.29) is 5.91 Å². The first kappa shape index (κ1) is 14.8. The minimum absolute atomic E-state index is 0.0232. The van der Waals surface area contributed by atoms with Crippen LogP contribution in [0, 0.1) is 6.92 Å². The second-order valence-corrected chi connectivity index (χ2v) is 5.68. The number of hydrogen-bond donors (Lipinski definition) is 1. The molecule has 0 aromatic heterocycles. The number of benzene rings is 2. The fourth-order valence-corrected chi connectivity index (χ4v) is 2.71. The summed E-state index contributed by atoms with van der Waals surface area (Å²) in [7, 11) is 0. The van der Waals surface area contributed by atoms with Gasteiger partial charge in [-0.05, 0) is 59.0 Å². The molecule has 0 spiro atoms. The maximum atomic E-state index is 12.0.